The molecule has 2 aliphatic carbocycles. The summed E-state index contributed by atoms with van der Waals surface area (Å²) in [6, 6.07) is 15.5. The Bertz CT molecular complexity index is 1240. The van der Waals surface area contributed by atoms with Gasteiger partial charge in [-0.25, -0.2) is 0 Å². The van der Waals surface area contributed by atoms with E-state index in [-0.39, 0.29) is 5.78 Å². The zero-order valence-electron chi connectivity index (χ0n) is 19.5. The van der Waals surface area contributed by atoms with E-state index in [1.807, 2.05) is 79.8 Å². The van der Waals surface area contributed by atoms with Crippen LogP contribution in [0.25, 0.3) is 12.2 Å². The predicted molar refractivity (Wildman–Crippen MR) is 140 cm³/mol. The van der Waals surface area contributed by atoms with E-state index in [9.17, 15) is 4.79 Å². The van der Waals surface area contributed by atoms with E-state index in [1.54, 1.807) is 0 Å². The van der Waals surface area contributed by atoms with Crippen molar-refractivity contribution < 1.29 is 14.3 Å². The number of ether oxygens (including phenoxy) is 2. The molecule has 2 bridgehead atoms. The van der Waals surface area contributed by atoms with Gasteiger partial charge in [0, 0.05) is 10.0 Å². The highest BCUT2D eigenvalue weighted by molar-refractivity contribution is 6.30. The number of fused-ring (bicyclic) bond motifs is 2. The van der Waals surface area contributed by atoms with Crippen LogP contribution < -0.4 is 0 Å². The van der Waals surface area contributed by atoms with Gasteiger partial charge in [-0.1, -0.05) is 77.8 Å². The first-order chi connectivity index (χ1) is 16.9. The molecule has 2 spiro atoms. The van der Waals surface area contributed by atoms with Crippen molar-refractivity contribution in [2.75, 3.05) is 0 Å². The maximum atomic E-state index is 14.0. The smallest absolute Gasteiger partial charge is 0.206 e. The first-order valence-corrected chi connectivity index (χ1v) is 12.8. The van der Waals surface area contributed by atoms with Crippen LogP contribution in [-0.2, 0) is 14.3 Å². The van der Waals surface area contributed by atoms with Gasteiger partial charge in [0.2, 0.25) is 5.79 Å². The number of carbonyl (C=O) groups is 1. The van der Waals surface area contributed by atoms with Crippen molar-refractivity contribution in [3.05, 3.63) is 105 Å². The lowest BCUT2D eigenvalue weighted by atomic mass is 9.67. The lowest BCUT2D eigenvalue weighted by Gasteiger charge is -2.46. The standard InChI is InChI=1S/C30H26Cl2O3/c1-28-16-4-5-17-29(28)34-27(26(28)33)30(35-29)22(18-20-8-12-24(31)13-9-20)6-2-3-7-23(30)19-21-10-14-25(32)15-11-21/h4-5,8-19,27H,2-3,6-7H2,1H3/b22-18+,23-19+/t27-,28+,29-/m0/s1. The third-order valence-electron chi connectivity index (χ3n) is 7.82. The van der Waals surface area contributed by atoms with Gasteiger partial charge >= 0.3 is 0 Å². The number of rotatable bonds is 2. The van der Waals surface area contributed by atoms with Gasteiger partial charge in [-0.15, -0.1) is 0 Å². The average molecular weight is 505 g/mol. The van der Waals surface area contributed by atoms with Gasteiger partial charge in [-0.2, -0.15) is 0 Å². The van der Waals surface area contributed by atoms with Crippen LogP contribution in [0.4, 0.5) is 0 Å². The highest BCUT2D eigenvalue weighted by atomic mass is 35.5. The number of hydrogen-bond acceptors (Lipinski definition) is 3. The van der Waals surface area contributed by atoms with E-state index in [1.165, 1.54) is 0 Å². The number of halogens is 2. The number of hydrogen-bond donors (Lipinski definition) is 0. The molecule has 2 aromatic carbocycles. The second kappa shape index (κ2) is 8.31. The van der Waals surface area contributed by atoms with E-state index in [4.69, 9.17) is 32.7 Å². The second-order valence-corrected chi connectivity index (χ2v) is 10.8. The molecule has 4 aliphatic rings. The van der Waals surface area contributed by atoms with Crippen LogP contribution in [0.5, 0.6) is 0 Å². The molecule has 0 unspecified atom stereocenters. The minimum atomic E-state index is -1.12. The fourth-order valence-corrected chi connectivity index (χ4v) is 6.17. The van der Waals surface area contributed by atoms with Crippen molar-refractivity contribution in [3.63, 3.8) is 0 Å². The van der Waals surface area contributed by atoms with E-state index in [0.717, 1.165) is 48.0 Å². The quantitative estimate of drug-likeness (QED) is 0.422. The van der Waals surface area contributed by atoms with Gasteiger partial charge in [0.15, 0.2) is 11.9 Å². The first kappa shape index (κ1) is 23.0. The summed E-state index contributed by atoms with van der Waals surface area (Å²) in [6.07, 6.45) is 14.9. The molecule has 2 aliphatic heterocycles. The van der Waals surface area contributed by atoms with Crippen molar-refractivity contribution in [2.24, 2.45) is 5.41 Å². The van der Waals surface area contributed by atoms with Crippen LogP contribution in [0, 0.1) is 5.41 Å². The second-order valence-electron chi connectivity index (χ2n) is 9.94. The Morgan fingerprint density at radius 3 is 1.89 bits per heavy atom. The van der Waals surface area contributed by atoms with Crippen LogP contribution >= 0.6 is 23.2 Å². The lowest BCUT2D eigenvalue weighted by molar-refractivity contribution is -0.183. The monoisotopic (exact) mass is 504 g/mol. The normalized spacial score (nSPS) is 35.7. The summed E-state index contributed by atoms with van der Waals surface area (Å²) in [5.41, 5.74) is 2.36. The average Bonchev–Trinajstić information content (AvgIpc) is 3.25. The summed E-state index contributed by atoms with van der Waals surface area (Å²) >= 11 is 12.3. The minimum Gasteiger partial charge on any atom is -0.330 e. The van der Waals surface area contributed by atoms with Crippen molar-refractivity contribution in [3.8, 4) is 0 Å². The molecule has 5 heteroatoms. The molecule has 178 valence electrons. The molecule has 2 aromatic rings. The molecule has 0 radical (unpaired) electrons. The van der Waals surface area contributed by atoms with E-state index in [0.29, 0.717) is 10.0 Å². The number of Topliss-reactive ketones (excluding diaryl/α,β-unsaturated/α-hetero) is 1. The van der Waals surface area contributed by atoms with Crippen molar-refractivity contribution >= 4 is 41.1 Å². The molecule has 3 nitrogen and oxygen atoms in total. The SMILES string of the molecule is C[C@]12C=CC=C[C@@]13O[C@@H](C2=O)C1(O3)/C(=C/c2ccc(Cl)cc2)CCCC/C1=C\c1ccc(Cl)cc1. The zero-order valence-corrected chi connectivity index (χ0v) is 21.0. The van der Waals surface area contributed by atoms with Crippen LogP contribution in [-0.4, -0.2) is 23.3 Å². The number of carbonyl (C=O) groups excluding carboxylic acids is 1. The van der Waals surface area contributed by atoms with Gasteiger partial charge in [-0.05, 0) is 85.2 Å². The number of benzene rings is 2. The minimum absolute atomic E-state index is 0.0651. The van der Waals surface area contributed by atoms with E-state index < -0.39 is 22.9 Å². The van der Waals surface area contributed by atoms with Gasteiger partial charge in [0.05, 0.1) is 0 Å². The molecule has 2 saturated heterocycles. The Morgan fingerprint density at radius 1 is 0.829 bits per heavy atom. The van der Waals surface area contributed by atoms with Gasteiger partial charge in [0.25, 0.3) is 0 Å². The Morgan fingerprint density at radius 2 is 1.34 bits per heavy atom. The highest BCUT2D eigenvalue weighted by Gasteiger charge is 2.76. The van der Waals surface area contributed by atoms with Crippen LogP contribution in [0.1, 0.15) is 43.7 Å². The molecule has 2 heterocycles. The Balaban J connectivity index is 1.56. The van der Waals surface area contributed by atoms with Crippen molar-refractivity contribution in [1.29, 1.82) is 0 Å². The Hall–Kier alpha value is -2.43. The fourth-order valence-electron chi connectivity index (χ4n) is 5.92. The van der Waals surface area contributed by atoms with Gasteiger partial charge in [0.1, 0.15) is 11.0 Å². The maximum absolute atomic E-state index is 14.0. The molecule has 0 N–H and O–H groups in total. The van der Waals surface area contributed by atoms with Gasteiger partial charge in [-0.3, -0.25) is 4.79 Å². The predicted octanol–water partition coefficient (Wildman–Crippen LogP) is 7.60. The molecular formula is C30H26Cl2O3. The summed E-state index contributed by atoms with van der Waals surface area (Å²) in [5.74, 6) is -1.05. The van der Waals surface area contributed by atoms with E-state index in [2.05, 4.69) is 12.2 Å². The summed E-state index contributed by atoms with van der Waals surface area (Å²) in [7, 11) is 0. The summed E-state index contributed by atoms with van der Waals surface area (Å²) < 4.78 is 13.6. The van der Waals surface area contributed by atoms with Crippen molar-refractivity contribution in [1.82, 2.24) is 0 Å². The summed E-state index contributed by atoms with van der Waals surface area (Å²) in [4.78, 5) is 14.0. The first-order valence-electron chi connectivity index (χ1n) is 12.1. The third-order valence-corrected chi connectivity index (χ3v) is 8.33. The number of allylic oxidation sites excluding steroid dienone is 2. The number of ketones is 1. The fraction of sp³-hybridized carbons (Fsp3) is 0.300. The molecule has 0 aromatic heterocycles. The molecule has 3 fully saturated rings. The molecule has 3 atom stereocenters. The lowest BCUT2D eigenvalue weighted by Crippen LogP contribution is -2.59. The van der Waals surface area contributed by atoms with Gasteiger partial charge < -0.3 is 9.47 Å². The summed E-state index contributed by atoms with van der Waals surface area (Å²) in [5, 5.41) is 1.38. The Labute approximate surface area is 215 Å². The molecule has 6 rings (SSSR count). The van der Waals surface area contributed by atoms with Crippen molar-refractivity contribution in [2.45, 2.75) is 50.1 Å². The third kappa shape index (κ3) is 3.44. The van der Waals surface area contributed by atoms with Crippen LogP contribution in [0.15, 0.2) is 84.0 Å². The maximum Gasteiger partial charge on any atom is 0.206 e. The molecular weight excluding hydrogens is 479 g/mol. The molecule has 35 heavy (non-hydrogen) atoms. The summed E-state index contributed by atoms with van der Waals surface area (Å²) in [6.45, 7) is 1.92. The van der Waals surface area contributed by atoms with Crippen LogP contribution in [0.2, 0.25) is 10.0 Å². The Kier molecular flexibility index (Phi) is 5.46. The topological polar surface area (TPSA) is 35.5 Å². The van der Waals surface area contributed by atoms with Crippen LogP contribution in [0.3, 0.4) is 0 Å². The van der Waals surface area contributed by atoms with E-state index >= 15 is 0 Å². The molecule has 0 amide bonds. The highest BCUT2D eigenvalue weighted by Crippen LogP contribution is 2.63. The zero-order chi connectivity index (χ0) is 24.3. The largest absolute Gasteiger partial charge is 0.330 e. The molecule has 1 saturated carbocycles.